The Hall–Kier alpha value is -2.66. The summed E-state index contributed by atoms with van der Waals surface area (Å²) in [5.41, 5.74) is 4.08. The molecule has 2 aromatic carbocycles. The van der Waals surface area contributed by atoms with Gasteiger partial charge in [0, 0.05) is 43.0 Å². The molecular formula is C23H29N3O2. The Labute approximate surface area is 167 Å². The number of hydrogen-bond donors (Lipinski definition) is 1. The first-order valence-corrected chi connectivity index (χ1v) is 10.0. The third-order valence-corrected chi connectivity index (χ3v) is 5.46. The van der Waals surface area contributed by atoms with Crippen LogP contribution in [-0.2, 0) is 6.42 Å². The van der Waals surface area contributed by atoms with E-state index in [1.54, 1.807) is 24.3 Å². The zero-order valence-electron chi connectivity index (χ0n) is 17.0. The van der Waals surface area contributed by atoms with Gasteiger partial charge in [-0.1, -0.05) is 38.1 Å². The highest BCUT2D eigenvalue weighted by Gasteiger charge is 2.22. The predicted octanol–water partition coefficient (Wildman–Crippen LogP) is 3.59. The van der Waals surface area contributed by atoms with Gasteiger partial charge in [-0.2, -0.15) is 0 Å². The second-order valence-corrected chi connectivity index (χ2v) is 7.22. The number of anilines is 1. The molecule has 5 heteroatoms. The van der Waals surface area contributed by atoms with Gasteiger partial charge >= 0.3 is 0 Å². The van der Waals surface area contributed by atoms with Crippen molar-refractivity contribution >= 4 is 17.5 Å². The molecule has 28 heavy (non-hydrogen) atoms. The first kappa shape index (κ1) is 20.1. The van der Waals surface area contributed by atoms with E-state index in [-0.39, 0.29) is 11.8 Å². The number of hydrogen-bond acceptors (Lipinski definition) is 3. The topological polar surface area (TPSA) is 52.7 Å². The molecule has 0 aliphatic carbocycles. The molecule has 3 rings (SSSR count). The second-order valence-electron chi connectivity index (χ2n) is 7.22. The molecule has 0 atom stereocenters. The number of amides is 2. The van der Waals surface area contributed by atoms with Crippen molar-refractivity contribution in [1.29, 1.82) is 0 Å². The van der Waals surface area contributed by atoms with E-state index in [1.807, 2.05) is 30.0 Å². The van der Waals surface area contributed by atoms with Gasteiger partial charge in [0.2, 0.25) is 0 Å². The van der Waals surface area contributed by atoms with Gasteiger partial charge in [0.1, 0.15) is 0 Å². The zero-order chi connectivity index (χ0) is 20.1. The summed E-state index contributed by atoms with van der Waals surface area (Å²) in [6, 6.07) is 13.0. The lowest BCUT2D eigenvalue weighted by atomic mass is 10.0. The molecule has 0 unspecified atom stereocenters. The summed E-state index contributed by atoms with van der Waals surface area (Å²) < 4.78 is 0. The largest absolute Gasteiger partial charge is 0.336 e. The van der Waals surface area contributed by atoms with Crippen LogP contribution in [0, 0.1) is 6.92 Å². The molecule has 1 heterocycles. The summed E-state index contributed by atoms with van der Waals surface area (Å²) in [4.78, 5) is 29.9. The van der Waals surface area contributed by atoms with E-state index in [1.165, 1.54) is 0 Å². The Morgan fingerprint density at radius 1 is 0.964 bits per heavy atom. The second kappa shape index (κ2) is 9.02. The van der Waals surface area contributed by atoms with Gasteiger partial charge in [0.05, 0.1) is 0 Å². The number of benzene rings is 2. The highest BCUT2D eigenvalue weighted by Crippen LogP contribution is 2.22. The smallest absolute Gasteiger partial charge is 0.255 e. The standard InChI is InChI=1S/C23H29N3O2/c1-4-18-9-6-8-17(3)21(18)24-22(27)19-10-7-11-20(16-19)23(28)26-14-12-25(5-2)13-15-26/h6-11,16H,4-5,12-15H2,1-3H3,(H,24,27). The van der Waals surface area contributed by atoms with Gasteiger partial charge in [-0.05, 0) is 49.2 Å². The van der Waals surface area contributed by atoms with Crippen LogP contribution >= 0.6 is 0 Å². The van der Waals surface area contributed by atoms with E-state index in [2.05, 4.69) is 24.1 Å². The summed E-state index contributed by atoms with van der Waals surface area (Å²) >= 11 is 0. The Morgan fingerprint density at radius 3 is 2.32 bits per heavy atom. The number of para-hydroxylation sites is 1. The highest BCUT2D eigenvalue weighted by atomic mass is 16.2. The monoisotopic (exact) mass is 379 g/mol. The van der Waals surface area contributed by atoms with Crippen LogP contribution in [0.1, 0.15) is 45.7 Å². The Balaban J connectivity index is 1.74. The van der Waals surface area contributed by atoms with Crippen LogP contribution in [0.25, 0.3) is 0 Å². The normalized spacial score (nSPS) is 14.8. The van der Waals surface area contributed by atoms with Crippen LogP contribution < -0.4 is 5.32 Å². The van der Waals surface area contributed by atoms with Crippen LogP contribution in [0.15, 0.2) is 42.5 Å². The van der Waals surface area contributed by atoms with Crippen molar-refractivity contribution < 1.29 is 9.59 Å². The van der Waals surface area contributed by atoms with Gasteiger partial charge in [-0.25, -0.2) is 0 Å². The number of rotatable bonds is 5. The molecule has 1 aliphatic rings. The van der Waals surface area contributed by atoms with E-state index < -0.39 is 0 Å². The van der Waals surface area contributed by atoms with Gasteiger partial charge in [-0.3, -0.25) is 9.59 Å². The Bertz CT molecular complexity index is 855. The fourth-order valence-corrected chi connectivity index (χ4v) is 3.63. The summed E-state index contributed by atoms with van der Waals surface area (Å²) in [6.45, 7) is 10.5. The third kappa shape index (κ3) is 4.42. The Morgan fingerprint density at radius 2 is 1.64 bits per heavy atom. The van der Waals surface area contributed by atoms with Gasteiger partial charge in [-0.15, -0.1) is 0 Å². The van der Waals surface area contributed by atoms with Crippen LogP contribution in [0.3, 0.4) is 0 Å². The maximum Gasteiger partial charge on any atom is 0.255 e. The molecule has 5 nitrogen and oxygen atoms in total. The van der Waals surface area contributed by atoms with E-state index in [9.17, 15) is 9.59 Å². The zero-order valence-corrected chi connectivity index (χ0v) is 17.0. The number of aryl methyl sites for hydroxylation is 2. The molecule has 1 fully saturated rings. The van der Waals surface area contributed by atoms with Gasteiger partial charge in [0.25, 0.3) is 11.8 Å². The minimum Gasteiger partial charge on any atom is -0.336 e. The van der Waals surface area contributed by atoms with E-state index >= 15 is 0 Å². The van der Waals surface area contributed by atoms with Crippen molar-refractivity contribution in [2.24, 2.45) is 0 Å². The molecule has 1 saturated heterocycles. The average molecular weight is 380 g/mol. The molecule has 0 radical (unpaired) electrons. The number of nitrogens with one attached hydrogen (secondary N) is 1. The molecule has 1 N–H and O–H groups in total. The van der Waals surface area contributed by atoms with Crippen molar-refractivity contribution in [1.82, 2.24) is 9.80 Å². The SMILES string of the molecule is CCc1cccc(C)c1NC(=O)c1cccc(C(=O)N2CCN(CC)CC2)c1. The molecular weight excluding hydrogens is 350 g/mol. The number of piperazine rings is 1. The van der Waals surface area contributed by atoms with Crippen molar-refractivity contribution in [3.05, 3.63) is 64.7 Å². The predicted molar refractivity (Wildman–Crippen MR) is 113 cm³/mol. The number of nitrogens with zero attached hydrogens (tertiary/aromatic N) is 2. The fourth-order valence-electron chi connectivity index (χ4n) is 3.63. The lowest BCUT2D eigenvalue weighted by Gasteiger charge is -2.34. The van der Waals surface area contributed by atoms with E-state index in [0.29, 0.717) is 11.1 Å². The van der Waals surface area contributed by atoms with Crippen molar-refractivity contribution in [2.45, 2.75) is 27.2 Å². The molecule has 0 saturated carbocycles. The first-order valence-electron chi connectivity index (χ1n) is 10.0. The molecule has 2 aromatic rings. The molecule has 148 valence electrons. The van der Waals surface area contributed by atoms with Crippen LogP contribution in [-0.4, -0.2) is 54.3 Å². The van der Waals surface area contributed by atoms with Crippen molar-refractivity contribution in [2.75, 3.05) is 38.0 Å². The minimum absolute atomic E-state index is 0.00413. The van der Waals surface area contributed by atoms with E-state index in [0.717, 1.165) is 56.0 Å². The van der Waals surface area contributed by atoms with Crippen molar-refractivity contribution in [3.63, 3.8) is 0 Å². The van der Waals surface area contributed by atoms with Gasteiger partial charge in [0.15, 0.2) is 0 Å². The van der Waals surface area contributed by atoms with Crippen LogP contribution in [0.5, 0.6) is 0 Å². The fraction of sp³-hybridized carbons (Fsp3) is 0.391. The van der Waals surface area contributed by atoms with Crippen LogP contribution in [0.4, 0.5) is 5.69 Å². The lowest BCUT2D eigenvalue weighted by molar-refractivity contribution is 0.0643. The Kier molecular flexibility index (Phi) is 6.47. The summed E-state index contributed by atoms with van der Waals surface area (Å²) in [5.74, 6) is -0.190. The maximum atomic E-state index is 12.9. The lowest BCUT2D eigenvalue weighted by Crippen LogP contribution is -2.48. The van der Waals surface area contributed by atoms with Gasteiger partial charge < -0.3 is 15.1 Å². The molecule has 0 spiro atoms. The molecule has 2 amide bonds. The van der Waals surface area contributed by atoms with Crippen LogP contribution in [0.2, 0.25) is 0 Å². The molecule has 0 bridgehead atoms. The number of carbonyl (C=O) groups is 2. The first-order chi connectivity index (χ1) is 13.5. The van der Waals surface area contributed by atoms with Crippen molar-refractivity contribution in [3.8, 4) is 0 Å². The average Bonchev–Trinajstić information content (AvgIpc) is 2.74. The number of likely N-dealkylation sites (N-methyl/N-ethyl adjacent to an activating group) is 1. The maximum absolute atomic E-state index is 12.9. The highest BCUT2D eigenvalue weighted by molar-refractivity contribution is 6.06. The summed E-state index contributed by atoms with van der Waals surface area (Å²) in [7, 11) is 0. The third-order valence-electron chi connectivity index (χ3n) is 5.46. The summed E-state index contributed by atoms with van der Waals surface area (Å²) in [5, 5.41) is 3.03. The molecule has 1 aliphatic heterocycles. The molecule has 0 aromatic heterocycles. The summed E-state index contributed by atoms with van der Waals surface area (Å²) in [6.07, 6.45) is 0.847. The number of carbonyl (C=O) groups excluding carboxylic acids is 2. The quantitative estimate of drug-likeness (QED) is 0.864. The minimum atomic E-state index is -0.186. The van der Waals surface area contributed by atoms with E-state index in [4.69, 9.17) is 0 Å².